The van der Waals surface area contributed by atoms with Gasteiger partial charge in [-0.15, -0.1) is 11.8 Å². The van der Waals surface area contributed by atoms with Gasteiger partial charge in [-0.3, -0.25) is 9.59 Å². The smallest absolute Gasteiger partial charge is 0.255 e. The van der Waals surface area contributed by atoms with E-state index in [0.29, 0.717) is 27.0 Å². The number of anilines is 2. The van der Waals surface area contributed by atoms with Gasteiger partial charge in [0.15, 0.2) is 0 Å². The van der Waals surface area contributed by atoms with Crippen molar-refractivity contribution < 1.29 is 9.59 Å². The zero-order chi connectivity index (χ0) is 24.8. The third-order valence-electron chi connectivity index (χ3n) is 4.98. The van der Waals surface area contributed by atoms with Gasteiger partial charge in [-0.05, 0) is 54.1 Å². The zero-order valence-corrected chi connectivity index (χ0v) is 21.3. The Kier molecular flexibility index (Phi) is 8.37. The van der Waals surface area contributed by atoms with Crippen LogP contribution >= 0.6 is 46.6 Å². The minimum absolute atomic E-state index is 0.251. The molecule has 0 aromatic heterocycles. The van der Waals surface area contributed by atoms with Crippen LogP contribution < -0.4 is 10.6 Å². The van der Waals surface area contributed by atoms with E-state index in [1.54, 1.807) is 48.5 Å². The molecule has 1 unspecified atom stereocenters. The van der Waals surface area contributed by atoms with Crippen molar-refractivity contribution in [1.82, 2.24) is 0 Å². The second-order valence-corrected chi connectivity index (χ2v) is 9.89. The highest BCUT2D eigenvalue weighted by atomic mass is 35.5. The van der Waals surface area contributed by atoms with Gasteiger partial charge >= 0.3 is 0 Å². The monoisotopic (exact) mass is 540 g/mol. The SMILES string of the molecule is O=C(Nc1cccc(SC(C(=O)Nc2cccc(Cl)c2Cl)c2ccccc2)c1)c1cccc(Cl)c1. The number of carbonyl (C=O) groups is 2. The van der Waals surface area contributed by atoms with E-state index in [-0.39, 0.29) is 16.8 Å². The third kappa shape index (κ3) is 6.59. The van der Waals surface area contributed by atoms with Gasteiger partial charge in [-0.2, -0.15) is 0 Å². The summed E-state index contributed by atoms with van der Waals surface area (Å²) in [5.74, 6) is -0.527. The van der Waals surface area contributed by atoms with Gasteiger partial charge in [0.25, 0.3) is 5.91 Å². The normalized spacial score (nSPS) is 11.5. The van der Waals surface area contributed by atoms with Crippen molar-refractivity contribution in [3.05, 3.63) is 123 Å². The molecule has 1 atom stereocenters. The van der Waals surface area contributed by atoms with Crippen molar-refractivity contribution in [3.8, 4) is 0 Å². The molecule has 0 aliphatic carbocycles. The summed E-state index contributed by atoms with van der Waals surface area (Å²) in [4.78, 5) is 26.8. The maximum Gasteiger partial charge on any atom is 0.255 e. The summed E-state index contributed by atoms with van der Waals surface area (Å²) in [5.41, 5.74) is 2.32. The number of hydrogen-bond acceptors (Lipinski definition) is 3. The van der Waals surface area contributed by atoms with Crippen LogP contribution in [-0.2, 0) is 4.79 Å². The molecule has 4 aromatic carbocycles. The number of benzene rings is 4. The van der Waals surface area contributed by atoms with Crippen molar-refractivity contribution in [2.45, 2.75) is 10.1 Å². The number of amides is 2. The molecular weight excluding hydrogens is 523 g/mol. The molecule has 0 saturated heterocycles. The molecule has 176 valence electrons. The number of hydrogen-bond donors (Lipinski definition) is 2. The lowest BCUT2D eigenvalue weighted by Gasteiger charge is -2.18. The van der Waals surface area contributed by atoms with Gasteiger partial charge in [0.2, 0.25) is 5.91 Å². The van der Waals surface area contributed by atoms with E-state index < -0.39 is 5.25 Å². The zero-order valence-electron chi connectivity index (χ0n) is 18.2. The van der Waals surface area contributed by atoms with Gasteiger partial charge in [0.1, 0.15) is 5.25 Å². The Morgan fingerprint density at radius 3 is 2.26 bits per heavy atom. The summed E-state index contributed by atoms with van der Waals surface area (Å²) < 4.78 is 0. The van der Waals surface area contributed by atoms with Crippen LogP contribution in [0.1, 0.15) is 21.2 Å². The van der Waals surface area contributed by atoms with E-state index in [0.717, 1.165) is 10.5 Å². The summed E-state index contributed by atoms with van der Waals surface area (Å²) in [7, 11) is 0. The van der Waals surface area contributed by atoms with Gasteiger partial charge in [0, 0.05) is 21.2 Å². The summed E-state index contributed by atoms with van der Waals surface area (Å²) >= 11 is 19.7. The van der Waals surface area contributed by atoms with Crippen LogP contribution in [0.4, 0.5) is 11.4 Å². The van der Waals surface area contributed by atoms with Crippen LogP contribution in [0.25, 0.3) is 0 Å². The Labute approximate surface area is 222 Å². The third-order valence-corrected chi connectivity index (χ3v) is 7.28. The second-order valence-electron chi connectivity index (χ2n) is 7.49. The summed E-state index contributed by atoms with van der Waals surface area (Å²) in [6.07, 6.45) is 0. The molecule has 0 aliphatic rings. The van der Waals surface area contributed by atoms with E-state index in [1.165, 1.54) is 11.8 Å². The maximum absolute atomic E-state index is 13.3. The maximum atomic E-state index is 13.3. The first kappa shape index (κ1) is 25.1. The van der Waals surface area contributed by atoms with Crippen LogP contribution in [0, 0.1) is 0 Å². The predicted octanol–water partition coefficient (Wildman–Crippen LogP) is 8.37. The number of thioether (sulfide) groups is 1. The molecule has 4 rings (SSSR count). The standard InChI is InChI=1S/C27H19Cl3N2O2S/c28-19-10-4-9-18(15-19)26(33)31-20-11-5-12-21(16-20)35-25(17-7-2-1-3-8-17)27(34)32-23-14-6-13-22(29)24(23)30/h1-16,25H,(H,31,33)(H,32,34). The molecular formula is C27H19Cl3N2O2S. The Morgan fingerprint density at radius 2 is 1.49 bits per heavy atom. The predicted molar refractivity (Wildman–Crippen MR) is 146 cm³/mol. The van der Waals surface area contributed by atoms with E-state index in [4.69, 9.17) is 34.8 Å². The Balaban J connectivity index is 1.56. The highest BCUT2D eigenvalue weighted by Gasteiger charge is 2.23. The van der Waals surface area contributed by atoms with Gasteiger partial charge < -0.3 is 10.6 Å². The second kappa shape index (κ2) is 11.6. The number of halogens is 3. The van der Waals surface area contributed by atoms with Crippen molar-refractivity contribution in [1.29, 1.82) is 0 Å². The highest BCUT2D eigenvalue weighted by molar-refractivity contribution is 8.00. The first-order chi connectivity index (χ1) is 16.9. The molecule has 0 saturated carbocycles. The van der Waals surface area contributed by atoms with Gasteiger partial charge in [-0.25, -0.2) is 0 Å². The lowest BCUT2D eigenvalue weighted by atomic mass is 10.1. The molecule has 8 heteroatoms. The quantitative estimate of drug-likeness (QED) is 0.231. The fourth-order valence-electron chi connectivity index (χ4n) is 3.32. The molecule has 0 radical (unpaired) electrons. The average molecular weight is 542 g/mol. The van der Waals surface area contributed by atoms with E-state index >= 15 is 0 Å². The number of rotatable bonds is 7. The molecule has 0 aliphatic heterocycles. The molecule has 2 amide bonds. The van der Waals surface area contributed by atoms with Crippen LogP contribution in [-0.4, -0.2) is 11.8 Å². The Hall–Kier alpha value is -2.96. The van der Waals surface area contributed by atoms with Crippen LogP contribution in [0.2, 0.25) is 15.1 Å². The Bertz CT molecular complexity index is 1370. The van der Waals surface area contributed by atoms with Crippen molar-refractivity contribution >= 4 is 69.8 Å². The topological polar surface area (TPSA) is 58.2 Å². The van der Waals surface area contributed by atoms with Crippen LogP contribution in [0.15, 0.2) is 102 Å². The lowest BCUT2D eigenvalue weighted by molar-refractivity contribution is -0.115. The van der Waals surface area contributed by atoms with Crippen LogP contribution in [0.3, 0.4) is 0 Å². The van der Waals surface area contributed by atoms with E-state index in [9.17, 15) is 9.59 Å². The molecule has 0 heterocycles. The van der Waals surface area contributed by atoms with Gasteiger partial charge in [-0.1, -0.05) is 83.3 Å². The minimum Gasteiger partial charge on any atom is -0.323 e. The molecule has 35 heavy (non-hydrogen) atoms. The molecule has 0 spiro atoms. The highest BCUT2D eigenvalue weighted by Crippen LogP contribution is 2.38. The van der Waals surface area contributed by atoms with E-state index in [2.05, 4.69) is 10.6 Å². The largest absolute Gasteiger partial charge is 0.323 e. The molecule has 0 bridgehead atoms. The molecule has 2 N–H and O–H groups in total. The number of nitrogens with one attached hydrogen (secondary N) is 2. The fraction of sp³-hybridized carbons (Fsp3) is 0.0370. The lowest BCUT2D eigenvalue weighted by Crippen LogP contribution is -2.19. The first-order valence-corrected chi connectivity index (χ1v) is 12.6. The Morgan fingerprint density at radius 1 is 0.743 bits per heavy atom. The number of carbonyl (C=O) groups excluding carboxylic acids is 2. The minimum atomic E-state index is -0.579. The average Bonchev–Trinajstić information content (AvgIpc) is 2.86. The molecule has 4 nitrogen and oxygen atoms in total. The van der Waals surface area contributed by atoms with Crippen LogP contribution in [0.5, 0.6) is 0 Å². The van der Waals surface area contributed by atoms with Crippen molar-refractivity contribution in [2.75, 3.05) is 10.6 Å². The summed E-state index contributed by atoms with van der Waals surface area (Å²) in [6.45, 7) is 0. The fourth-order valence-corrected chi connectivity index (χ4v) is 4.94. The summed E-state index contributed by atoms with van der Waals surface area (Å²) in [6, 6.07) is 28.6. The molecule has 4 aromatic rings. The van der Waals surface area contributed by atoms with Crippen molar-refractivity contribution in [2.24, 2.45) is 0 Å². The van der Waals surface area contributed by atoms with Gasteiger partial charge in [0.05, 0.1) is 15.7 Å². The van der Waals surface area contributed by atoms with Crippen molar-refractivity contribution in [3.63, 3.8) is 0 Å². The van der Waals surface area contributed by atoms with E-state index in [1.807, 2.05) is 48.5 Å². The summed E-state index contributed by atoms with van der Waals surface area (Å²) in [5, 5.41) is 6.31. The first-order valence-electron chi connectivity index (χ1n) is 10.5. The molecule has 0 fully saturated rings.